The Morgan fingerprint density at radius 3 is 2.63 bits per heavy atom. The molecule has 106 valence electrons. The Morgan fingerprint density at radius 1 is 1.37 bits per heavy atom. The van der Waals surface area contributed by atoms with Crippen LogP contribution in [-0.4, -0.2) is 30.4 Å². The first kappa shape index (κ1) is 15.6. The third-order valence-electron chi connectivity index (χ3n) is 2.96. The van der Waals surface area contributed by atoms with Gasteiger partial charge in [-0.3, -0.25) is 9.69 Å². The molecule has 0 spiro atoms. The molecule has 0 radical (unpaired) electrons. The van der Waals surface area contributed by atoms with Crippen molar-refractivity contribution in [2.75, 3.05) is 19.6 Å². The van der Waals surface area contributed by atoms with Crippen molar-refractivity contribution >= 4 is 5.91 Å². The van der Waals surface area contributed by atoms with Crippen molar-refractivity contribution in [3.63, 3.8) is 0 Å². The van der Waals surface area contributed by atoms with E-state index in [0.29, 0.717) is 30.8 Å². The van der Waals surface area contributed by atoms with Crippen LogP contribution in [0.2, 0.25) is 0 Å². The fourth-order valence-electron chi connectivity index (χ4n) is 1.89. The highest BCUT2D eigenvalue weighted by Gasteiger charge is 2.13. The molecule has 0 fully saturated rings. The largest absolute Gasteiger partial charge is 0.355 e. The molecule has 4 nitrogen and oxygen atoms in total. The second-order valence-electron chi connectivity index (χ2n) is 4.35. The van der Waals surface area contributed by atoms with Crippen molar-refractivity contribution in [2.24, 2.45) is 5.73 Å². The van der Waals surface area contributed by atoms with Crippen molar-refractivity contribution in [1.29, 1.82) is 0 Å². The maximum Gasteiger partial charge on any atom is 0.234 e. The summed E-state index contributed by atoms with van der Waals surface area (Å²) in [5.41, 5.74) is 6.57. The second kappa shape index (κ2) is 7.86. The van der Waals surface area contributed by atoms with E-state index in [9.17, 15) is 9.18 Å². The summed E-state index contributed by atoms with van der Waals surface area (Å²) in [7, 11) is 0. The minimum atomic E-state index is -0.264. The van der Waals surface area contributed by atoms with Gasteiger partial charge in [0.15, 0.2) is 0 Å². The summed E-state index contributed by atoms with van der Waals surface area (Å²) in [6.07, 6.45) is 0. The van der Waals surface area contributed by atoms with Gasteiger partial charge in [-0.05, 0) is 13.5 Å². The fraction of sp³-hybridized carbons (Fsp3) is 0.500. The monoisotopic (exact) mass is 267 g/mol. The van der Waals surface area contributed by atoms with Crippen LogP contribution in [-0.2, 0) is 17.9 Å². The van der Waals surface area contributed by atoms with E-state index in [2.05, 4.69) is 5.32 Å². The van der Waals surface area contributed by atoms with Crippen LogP contribution in [0.4, 0.5) is 4.39 Å². The second-order valence-corrected chi connectivity index (χ2v) is 4.35. The van der Waals surface area contributed by atoms with E-state index in [0.717, 1.165) is 0 Å². The van der Waals surface area contributed by atoms with Crippen LogP contribution in [0.3, 0.4) is 0 Å². The molecule has 0 aliphatic heterocycles. The molecule has 0 heterocycles. The van der Waals surface area contributed by atoms with Crippen molar-refractivity contribution in [1.82, 2.24) is 10.2 Å². The third kappa shape index (κ3) is 4.61. The molecule has 1 rings (SSSR count). The standard InChI is InChI=1S/C14H22FN3O/c1-3-17-13(19)10-18(4-2)9-12-7-5-6-11(8-16)14(12)15/h5-7H,3-4,8-10,16H2,1-2H3,(H,17,19). The molecule has 1 aromatic rings. The Kier molecular flexibility index (Phi) is 6.45. The first-order chi connectivity index (χ1) is 9.12. The van der Waals surface area contributed by atoms with E-state index in [-0.39, 0.29) is 24.8 Å². The smallest absolute Gasteiger partial charge is 0.234 e. The van der Waals surface area contributed by atoms with Crippen molar-refractivity contribution in [2.45, 2.75) is 26.9 Å². The van der Waals surface area contributed by atoms with Gasteiger partial charge in [0.05, 0.1) is 6.54 Å². The van der Waals surface area contributed by atoms with Crippen LogP contribution in [0, 0.1) is 5.82 Å². The molecule has 0 saturated carbocycles. The summed E-state index contributed by atoms with van der Waals surface area (Å²) in [4.78, 5) is 13.4. The van der Waals surface area contributed by atoms with Gasteiger partial charge in [0.1, 0.15) is 5.82 Å². The Morgan fingerprint density at radius 2 is 2.05 bits per heavy atom. The van der Waals surface area contributed by atoms with Crippen LogP contribution in [0.25, 0.3) is 0 Å². The number of hydrogen-bond acceptors (Lipinski definition) is 3. The van der Waals surface area contributed by atoms with E-state index in [4.69, 9.17) is 5.73 Å². The Balaban J connectivity index is 2.73. The van der Waals surface area contributed by atoms with Crippen LogP contribution in [0.15, 0.2) is 18.2 Å². The maximum absolute atomic E-state index is 14.0. The highest BCUT2D eigenvalue weighted by molar-refractivity contribution is 5.77. The zero-order valence-electron chi connectivity index (χ0n) is 11.6. The van der Waals surface area contributed by atoms with E-state index in [1.165, 1.54) is 0 Å². The van der Waals surface area contributed by atoms with Gasteiger partial charge in [-0.1, -0.05) is 25.1 Å². The van der Waals surface area contributed by atoms with Gasteiger partial charge in [0, 0.05) is 30.8 Å². The molecular weight excluding hydrogens is 245 g/mol. The SMILES string of the molecule is CCNC(=O)CN(CC)Cc1cccc(CN)c1F. The van der Waals surface area contributed by atoms with Gasteiger partial charge < -0.3 is 11.1 Å². The molecule has 0 saturated heterocycles. The van der Waals surface area contributed by atoms with Gasteiger partial charge in [-0.15, -0.1) is 0 Å². The average Bonchev–Trinajstić information content (AvgIpc) is 2.40. The number of amides is 1. The summed E-state index contributed by atoms with van der Waals surface area (Å²) < 4.78 is 14.0. The number of nitrogens with one attached hydrogen (secondary N) is 1. The molecule has 19 heavy (non-hydrogen) atoms. The lowest BCUT2D eigenvalue weighted by atomic mass is 10.1. The lowest BCUT2D eigenvalue weighted by Gasteiger charge is -2.20. The van der Waals surface area contributed by atoms with Crippen molar-refractivity contribution in [3.8, 4) is 0 Å². The average molecular weight is 267 g/mol. The zero-order valence-corrected chi connectivity index (χ0v) is 11.6. The van der Waals surface area contributed by atoms with Crippen molar-refractivity contribution < 1.29 is 9.18 Å². The van der Waals surface area contributed by atoms with Crippen molar-refractivity contribution in [3.05, 3.63) is 35.1 Å². The Labute approximate surface area is 113 Å². The molecule has 1 aromatic carbocycles. The quantitative estimate of drug-likeness (QED) is 0.781. The van der Waals surface area contributed by atoms with E-state index >= 15 is 0 Å². The van der Waals surface area contributed by atoms with Gasteiger partial charge in [0.2, 0.25) is 5.91 Å². The first-order valence-corrected chi connectivity index (χ1v) is 6.57. The number of nitrogens with zero attached hydrogens (tertiary/aromatic N) is 1. The number of benzene rings is 1. The number of rotatable bonds is 7. The maximum atomic E-state index is 14.0. The molecule has 5 heteroatoms. The molecule has 0 unspecified atom stereocenters. The van der Waals surface area contributed by atoms with Crippen LogP contribution in [0.1, 0.15) is 25.0 Å². The highest BCUT2D eigenvalue weighted by Crippen LogP contribution is 2.14. The zero-order chi connectivity index (χ0) is 14.3. The van der Waals surface area contributed by atoms with E-state index < -0.39 is 0 Å². The number of hydrogen-bond donors (Lipinski definition) is 2. The first-order valence-electron chi connectivity index (χ1n) is 6.57. The number of carbonyl (C=O) groups is 1. The molecule has 1 amide bonds. The van der Waals surface area contributed by atoms with E-state index in [1.54, 1.807) is 18.2 Å². The van der Waals surface area contributed by atoms with Gasteiger partial charge in [-0.2, -0.15) is 0 Å². The highest BCUT2D eigenvalue weighted by atomic mass is 19.1. The topological polar surface area (TPSA) is 58.4 Å². The Hall–Kier alpha value is -1.46. The van der Waals surface area contributed by atoms with Gasteiger partial charge in [0.25, 0.3) is 0 Å². The number of carbonyl (C=O) groups excluding carboxylic acids is 1. The molecule has 0 aliphatic carbocycles. The van der Waals surface area contributed by atoms with Crippen LogP contribution < -0.4 is 11.1 Å². The number of likely N-dealkylation sites (N-methyl/N-ethyl adjacent to an activating group) is 2. The number of halogens is 1. The predicted molar refractivity (Wildman–Crippen MR) is 73.9 cm³/mol. The van der Waals surface area contributed by atoms with Gasteiger partial charge >= 0.3 is 0 Å². The van der Waals surface area contributed by atoms with E-state index in [1.807, 2.05) is 18.7 Å². The minimum absolute atomic E-state index is 0.0419. The molecule has 0 atom stereocenters. The molecule has 3 N–H and O–H groups in total. The summed E-state index contributed by atoms with van der Waals surface area (Å²) in [5, 5.41) is 2.74. The lowest BCUT2D eigenvalue weighted by Crippen LogP contribution is -2.36. The normalized spacial score (nSPS) is 10.8. The Bertz CT molecular complexity index is 423. The summed E-state index contributed by atoms with van der Waals surface area (Å²) >= 11 is 0. The summed E-state index contributed by atoms with van der Waals surface area (Å²) in [5.74, 6) is -0.306. The molecule has 0 aliphatic rings. The molecule has 0 aromatic heterocycles. The molecular formula is C14H22FN3O. The predicted octanol–water partition coefficient (Wildman–Crippen LogP) is 1.24. The summed E-state index contributed by atoms with van der Waals surface area (Å²) in [6.45, 7) is 5.98. The number of nitrogens with two attached hydrogens (primary N) is 1. The molecule has 0 bridgehead atoms. The summed E-state index contributed by atoms with van der Waals surface area (Å²) in [6, 6.07) is 5.20. The minimum Gasteiger partial charge on any atom is -0.355 e. The van der Waals surface area contributed by atoms with Gasteiger partial charge in [-0.25, -0.2) is 4.39 Å². The van der Waals surface area contributed by atoms with Crippen LogP contribution >= 0.6 is 0 Å². The lowest BCUT2D eigenvalue weighted by molar-refractivity contribution is -0.122. The third-order valence-corrected chi connectivity index (χ3v) is 2.96. The fourth-order valence-corrected chi connectivity index (χ4v) is 1.89. The van der Waals surface area contributed by atoms with Crippen LogP contribution in [0.5, 0.6) is 0 Å².